The van der Waals surface area contributed by atoms with Crippen LogP contribution >= 0.6 is 0 Å². The van der Waals surface area contributed by atoms with Gasteiger partial charge in [-0.05, 0) is 18.2 Å². The molecule has 0 aliphatic rings. The summed E-state index contributed by atoms with van der Waals surface area (Å²) in [6, 6.07) is 2.98. The van der Waals surface area contributed by atoms with E-state index in [1.807, 2.05) is 0 Å². The zero-order valence-electron chi connectivity index (χ0n) is 8.77. The van der Waals surface area contributed by atoms with Gasteiger partial charge in [0, 0.05) is 17.3 Å². The summed E-state index contributed by atoms with van der Waals surface area (Å²) in [5, 5.41) is 8.59. The predicted molar refractivity (Wildman–Crippen MR) is 56.7 cm³/mol. The van der Waals surface area contributed by atoms with Gasteiger partial charge in [0.15, 0.2) is 0 Å². The van der Waals surface area contributed by atoms with Crippen LogP contribution in [0.2, 0.25) is 0 Å². The van der Waals surface area contributed by atoms with Crippen molar-refractivity contribution in [2.75, 3.05) is 5.73 Å². The SMILES string of the molecule is Nc1ccc(OC(F)F)c([C@H](N)CC(=O)O)c1. The maximum absolute atomic E-state index is 12.1. The van der Waals surface area contributed by atoms with E-state index in [-0.39, 0.29) is 11.3 Å². The first-order chi connectivity index (χ1) is 7.90. The molecule has 0 aliphatic carbocycles. The van der Waals surface area contributed by atoms with E-state index in [2.05, 4.69) is 4.74 Å². The molecule has 5 nitrogen and oxygen atoms in total. The maximum Gasteiger partial charge on any atom is 0.387 e. The van der Waals surface area contributed by atoms with E-state index in [0.29, 0.717) is 5.69 Å². The van der Waals surface area contributed by atoms with E-state index in [0.717, 1.165) is 0 Å². The quantitative estimate of drug-likeness (QED) is 0.681. The zero-order valence-corrected chi connectivity index (χ0v) is 8.77. The Hall–Kier alpha value is -1.89. The highest BCUT2D eigenvalue weighted by atomic mass is 19.3. The molecule has 1 aromatic rings. The maximum atomic E-state index is 12.1. The summed E-state index contributed by atoms with van der Waals surface area (Å²) in [6.45, 7) is -3.01. The molecule has 0 unspecified atom stereocenters. The van der Waals surface area contributed by atoms with Crippen molar-refractivity contribution >= 4 is 11.7 Å². The summed E-state index contributed by atoms with van der Waals surface area (Å²) in [6.07, 6.45) is -0.400. The van der Waals surface area contributed by atoms with Crippen LogP contribution in [0, 0.1) is 0 Å². The number of ether oxygens (including phenoxy) is 1. The second-order valence-corrected chi connectivity index (χ2v) is 3.38. The number of halogens is 2. The van der Waals surface area contributed by atoms with Gasteiger partial charge in [-0.15, -0.1) is 0 Å². The third kappa shape index (κ3) is 3.87. The van der Waals surface area contributed by atoms with Gasteiger partial charge in [0.2, 0.25) is 0 Å². The largest absolute Gasteiger partial charge is 0.481 e. The van der Waals surface area contributed by atoms with E-state index in [9.17, 15) is 13.6 Å². The standard InChI is InChI=1S/C10H12F2N2O3/c11-10(12)17-8-2-1-5(13)3-6(8)7(14)4-9(15)16/h1-3,7,10H,4,13-14H2,(H,15,16)/t7-/m1/s1. The number of nitrogen functional groups attached to an aromatic ring is 1. The van der Waals surface area contributed by atoms with Crippen LogP contribution in [0.1, 0.15) is 18.0 Å². The molecule has 0 amide bonds. The Morgan fingerprint density at radius 1 is 1.47 bits per heavy atom. The fourth-order valence-electron chi connectivity index (χ4n) is 1.36. The van der Waals surface area contributed by atoms with Gasteiger partial charge >= 0.3 is 12.6 Å². The normalized spacial score (nSPS) is 12.5. The molecule has 1 atom stereocenters. The Morgan fingerprint density at radius 3 is 2.65 bits per heavy atom. The lowest BCUT2D eigenvalue weighted by atomic mass is 10.0. The molecule has 0 fully saturated rings. The van der Waals surface area contributed by atoms with Crippen molar-refractivity contribution in [3.05, 3.63) is 23.8 Å². The minimum Gasteiger partial charge on any atom is -0.481 e. The van der Waals surface area contributed by atoms with Crippen molar-refractivity contribution in [2.24, 2.45) is 5.73 Å². The Morgan fingerprint density at radius 2 is 2.12 bits per heavy atom. The van der Waals surface area contributed by atoms with Crippen LogP contribution in [-0.2, 0) is 4.79 Å². The lowest BCUT2D eigenvalue weighted by Gasteiger charge is -2.15. The van der Waals surface area contributed by atoms with Gasteiger partial charge in [0.05, 0.1) is 6.42 Å². The number of alkyl halides is 2. The van der Waals surface area contributed by atoms with Gasteiger partial charge in [-0.1, -0.05) is 0 Å². The van der Waals surface area contributed by atoms with Crippen LogP contribution in [0.15, 0.2) is 18.2 Å². The minimum absolute atomic E-state index is 0.146. The number of hydrogen-bond acceptors (Lipinski definition) is 4. The monoisotopic (exact) mass is 246 g/mol. The second-order valence-electron chi connectivity index (χ2n) is 3.38. The van der Waals surface area contributed by atoms with Crippen LogP contribution in [0.5, 0.6) is 5.75 Å². The number of carbonyl (C=O) groups is 1. The minimum atomic E-state index is -3.01. The molecule has 0 bridgehead atoms. The van der Waals surface area contributed by atoms with E-state index in [1.165, 1.54) is 18.2 Å². The van der Waals surface area contributed by atoms with Gasteiger partial charge < -0.3 is 21.3 Å². The van der Waals surface area contributed by atoms with Gasteiger partial charge in [0.1, 0.15) is 5.75 Å². The number of rotatable bonds is 5. The van der Waals surface area contributed by atoms with Crippen molar-refractivity contribution in [1.29, 1.82) is 0 Å². The molecular formula is C10H12F2N2O3. The molecule has 7 heteroatoms. The van der Waals surface area contributed by atoms with Crippen LogP contribution in [0.3, 0.4) is 0 Å². The van der Waals surface area contributed by atoms with Crippen molar-refractivity contribution in [1.82, 2.24) is 0 Å². The number of carboxylic acids is 1. The van der Waals surface area contributed by atoms with Crippen molar-refractivity contribution in [3.63, 3.8) is 0 Å². The Kier molecular flexibility index (Phi) is 4.22. The van der Waals surface area contributed by atoms with Crippen LogP contribution in [0.4, 0.5) is 14.5 Å². The Balaban J connectivity index is 3.01. The molecule has 0 aromatic heterocycles. The van der Waals surface area contributed by atoms with Crippen molar-refractivity contribution < 1.29 is 23.4 Å². The third-order valence-electron chi connectivity index (χ3n) is 2.04. The fourth-order valence-corrected chi connectivity index (χ4v) is 1.36. The Bertz CT molecular complexity index is 413. The second kappa shape index (κ2) is 5.44. The summed E-state index contributed by atoms with van der Waals surface area (Å²) in [5.74, 6) is -1.30. The average molecular weight is 246 g/mol. The number of anilines is 1. The molecule has 0 saturated carbocycles. The number of benzene rings is 1. The topological polar surface area (TPSA) is 98.6 Å². The van der Waals surface area contributed by atoms with Gasteiger partial charge in [-0.25, -0.2) is 0 Å². The highest BCUT2D eigenvalue weighted by Crippen LogP contribution is 2.29. The van der Waals surface area contributed by atoms with Crippen molar-refractivity contribution in [2.45, 2.75) is 19.1 Å². The molecular weight excluding hydrogens is 234 g/mol. The van der Waals surface area contributed by atoms with E-state index >= 15 is 0 Å². The molecule has 1 aromatic carbocycles. The first-order valence-electron chi connectivity index (χ1n) is 4.71. The van der Waals surface area contributed by atoms with Gasteiger partial charge in [-0.3, -0.25) is 4.79 Å². The number of hydrogen-bond donors (Lipinski definition) is 3. The number of aliphatic carboxylic acids is 1. The summed E-state index contributed by atoms with van der Waals surface area (Å²) < 4.78 is 28.5. The van der Waals surface area contributed by atoms with E-state index in [1.54, 1.807) is 0 Å². The highest BCUT2D eigenvalue weighted by Gasteiger charge is 2.18. The molecule has 0 heterocycles. The zero-order chi connectivity index (χ0) is 13.0. The first kappa shape index (κ1) is 13.2. The van der Waals surface area contributed by atoms with Crippen LogP contribution < -0.4 is 16.2 Å². The molecule has 17 heavy (non-hydrogen) atoms. The molecule has 5 N–H and O–H groups in total. The molecule has 0 aliphatic heterocycles. The molecule has 0 saturated heterocycles. The first-order valence-corrected chi connectivity index (χ1v) is 4.71. The van der Waals surface area contributed by atoms with Gasteiger partial charge in [-0.2, -0.15) is 8.78 Å². The molecule has 0 radical (unpaired) electrons. The summed E-state index contributed by atoms with van der Waals surface area (Å²) in [7, 11) is 0. The summed E-state index contributed by atoms with van der Waals surface area (Å²) >= 11 is 0. The fraction of sp³-hybridized carbons (Fsp3) is 0.300. The summed E-state index contributed by atoms with van der Waals surface area (Å²) in [5.41, 5.74) is 11.5. The third-order valence-corrected chi connectivity index (χ3v) is 2.04. The van der Waals surface area contributed by atoms with Crippen molar-refractivity contribution in [3.8, 4) is 5.75 Å². The van der Waals surface area contributed by atoms with Crippen LogP contribution in [-0.4, -0.2) is 17.7 Å². The lowest BCUT2D eigenvalue weighted by Crippen LogP contribution is -2.17. The van der Waals surface area contributed by atoms with E-state index < -0.39 is 25.0 Å². The average Bonchev–Trinajstić information content (AvgIpc) is 2.19. The van der Waals surface area contributed by atoms with Crippen LogP contribution in [0.25, 0.3) is 0 Å². The number of carboxylic acid groups (broad SMARTS) is 1. The number of nitrogens with two attached hydrogens (primary N) is 2. The van der Waals surface area contributed by atoms with E-state index in [4.69, 9.17) is 16.6 Å². The predicted octanol–water partition coefficient (Wildman–Crippen LogP) is 1.34. The molecule has 0 spiro atoms. The van der Waals surface area contributed by atoms with Gasteiger partial charge in [0.25, 0.3) is 0 Å². The smallest absolute Gasteiger partial charge is 0.387 e. The Labute approximate surface area is 96.0 Å². The lowest BCUT2D eigenvalue weighted by molar-refractivity contribution is -0.137. The summed E-state index contributed by atoms with van der Waals surface area (Å²) in [4.78, 5) is 10.5. The molecule has 94 valence electrons. The molecule has 1 rings (SSSR count). The highest BCUT2D eigenvalue weighted by molar-refractivity contribution is 5.68.